The Labute approximate surface area is 294 Å². The number of fused-ring (bicyclic) bond motifs is 3. The van der Waals surface area contributed by atoms with Crippen molar-refractivity contribution in [3.63, 3.8) is 0 Å². The summed E-state index contributed by atoms with van der Waals surface area (Å²) in [6.07, 6.45) is 6.37. The Bertz CT molecular complexity index is 2370. The number of hydrogen-bond acceptors (Lipinski definition) is 9. The summed E-state index contributed by atoms with van der Waals surface area (Å²) < 4.78 is 27.1. The van der Waals surface area contributed by atoms with Gasteiger partial charge in [0.15, 0.2) is 0 Å². The van der Waals surface area contributed by atoms with E-state index in [1.807, 2.05) is 129 Å². The maximum absolute atomic E-state index is 6.54. The van der Waals surface area contributed by atoms with Crippen LogP contribution in [0.5, 0.6) is 46.3 Å². The fourth-order valence-electron chi connectivity index (χ4n) is 5.90. The smallest absolute Gasteiger partial charge is 0.237 e. The molecule has 0 spiro atoms. The lowest BCUT2D eigenvalue weighted by Gasteiger charge is -2.14. The van der Waals surface area contributed by atoms with Crippen molar-refractivity contribution in [2.24, 2.45) is 0 Å². The molecule has 51 heavy (non-hydrogen) atoms. The van der Waals surface area contributed by atoms with Gasteiger partial charge < -0.3 is 18.9 Å². The Morgan fingerprint density at radius 3 is 1.41 bits per heavy atom. The normalized spacial score (nSPS) is 11.1. The first kappa shape index (κ1) is 31.5. The van der Waals surface area contributed by atoms with Gasteiger partial charge >= 0.3 is 0 Å². The first-order chi connectivity index (χ1) is 24.9. The van der Waals surface area contributed by atoms with Crippen molar-refractivity contribution in [2.45, 2.75) is 27.7 Å². The van der Waals surface area contributed by atoms with Crippen molar-refractivity contribution in [2.75, 3.05) is 0 Å². The van der Waals surface area contributed by atoms with Crippen molar-refractivity contribution in [1.29, 1.82) is 0 Å². The minimum absolute atomic E-state index is 0.467. The molecule has 0 fully saturated rings. The van der Waals surface area contributed by atoms with E-state index in [0.29, 0.717) is 52.2 Å². The van der Waals surface area contributed by atoms with Gasteiger partial charge in [0, 0.05) is 59.6 Å². The van der Waals surface area contributed by atoms with Gasteiger partial charge in [0.05, 0.1) is 11.0 Å². The average Bonchev–Trinajstić information content (AvgIpc) is 3.46. The van der Waals surface area contributed by atoms with Crippen LogP contribution in [0.1, 0.15) is 22.3 Å². The molecular formula is C41H32N6O4. The Morgan fingerprint density at radius 2 is 0.961 bits per heavy atom. The van der Waals surface area contributed by atoms with E-state index >= 15 is 0 Å². The molecule has 0 radical (unpaired) electrons. The third kappa shape index (κ3) is 6.38. The maximum Gasteiger partial charge on any atom is 0.237 e. The molecular weight excluding hydrogens is 640 g/mol. The first-order valence-electron chi connectivity index (χ1n) is 16.4. The van der Waals surface area contributed by atoms with Crippen LogP contribution in [0.25, 0.3) is 27.8 Å². The van der Waals surface area contributed by atoms with Crippen LogP contribution < -0.4 is 18.9 Å². The molecule has 4 heterocycles. The molecule has 0 saturated carbocycles. The molecule has 10 heteroatoms. The Kier molecular flexibility index (Phi) is 8.17. The molecule has 250 valence electrons. The summed E-state index contributed by atoms with van der Waals surface area (Å²) in [6, 6.07) is 30.8. The molecule has 0 N–H and O–H groups in total. The van der Waals surface area contributed by atoms with Crippen LogP contribution >= 0.6 is 0 Å². The second kappa shape index (κ2) is 13.2. The van der Waals surface area contributed by atoms with Crippen LogP contribution in [0.3, 0.4) is 0 Å². The summed E-state index contributed by atoms with van der Waals surface area (Å²) in [5.41, 5.74) is 5.79. The second-order valence-corrected chi connectivity index (χ2v) is 12.1. The lowest BCUT2D eigenvalue weighted by Crippen LogP contribution is -2.01. The second-order valence-electron chi connectivity index (χ2n) is 12.1. The number of aryl methyl sites for hydroxylation is 2. The molecule has 0 unspecified atom stereocenters. The van der Waals surface area contributed by atoms with Gasteiger partial charge in [-0.2, -0.15) is 0 Å². The standard InChI is InChI=1S/C41H32N6O4/c1-25-17-31(50-39-9-5-7-15-43-39)21-37(27(25)3)48-29-11-13-33-34-14-12-30(20-36(34)47(35(33)19-29)41-45-23-42-24-46-41)49-38-22-32(18-26(2)28(38)4)51-40-10-6-8-16-44-40/h5-24H,1-4H3. The van der Waals surface area contributed by atoms with Crippen molar-refractivity contribution in [3.05, 3.63) is 144 Å². The summed E-state index contributed by atoms with van der Waals surface area (Å²) in [5, 5.41) is 2.00. The lowest BCUT2D eigenvalue weighted by molar-refractivity contribution is 0.446. The van der Waals surface area contributed by atoms with E-state index in [9.17, 15) is 0 Å². The molecule has 8 rings (SSSR count). The van der Waals surface area contributed by atoms with Crippen molar-refractivity contribution in [3.8, 4) is 52.2 Å². The molecule has 10 nitrogen and oxygen atoms in total. The number of aromatic nitrogens is 6. The maximum atomic E-state index is 6.54. The van der Waals surface area contributed by atoms with Gasteiger partial charge in [-0.3, -0.25) is 4.57 Å². The topological polar surface area (TPSA) is 106 Å². The van der Waals surface area contributed by atoms with E-state index in [4.69, 9.17) is 18.9 Å². The first-order valence-corrected chi connectivity index (χ1v) is 16.4. The minimum Gasteiger partial charge on any atom is -0.457 e. The fourth-order valence-corrected chi connectivity index (χ4v) is 5.90. The molecule has 0 atom stereocenters. The molecule has 0 amide bonds. The van der Waals surface area contributed by atoms with Crippen molar-refractivity contribution < 1.29 is 18.9 Å². The van der Waals surface area contributed by atoms with Gasteiger partial charge in [-0.1, -0.05) is 12.1 Å². The largest absolute Gasteiger partial charge is 0.457 e. The highest BCUT2D eigenvalue weighted by molar-refractivity contribution is 6.09. The SMILES string of the molecule is Cc1cc(Oc2ccccn2)cc(Oc2ccc3c4ccc(Oc5cc(Oc6ccccn6)cc(C)c5C)cc4n(-c4ncncn4)c3c2)c1C. The summed E-state index contributed by atoms with van der Waals surface area (Å²) in [6.45, 7) is 8.12. The number of rotatable bonds is 9. The van der Waals surface area contributed by atoms with Gasteiger partial charge in [0.25, 0.3) is 0 Å². The van der Waals surface area contributed by atoms with E-state index in [2.05, 4.69) is 24.9 Å². The summed E-state index contributed by atoms with van der Waals surface area (Å²) in [4.78, 5) is 21.7. The quantitative estimate of drug-likeness (QED) is 0.148. The predicted octanol–water partition coefficient (Wildman–Crippen LogP) is 10.2. The number of pyridine rings is 2. The zero-order valence-electron chi connectivity index (χ0n) is 28.4. The summed E-state index contributed by atoms with van der Waals surface area (Å²) in [5.74, 6) is 5.41. The summed E-state index contributed by atoms with van der Waals surface area (Å²) >= 11 is 0. The number of hydrogen-bond donors (Lipinski definition) is 0. The number of benzene rings is 4. The predicted molar refractivity (Wildman–Crippen MR) is 195 cm³/mol. The Morgan fingerprint density at radius 1 is 0.471 bits per heavy atom. The van der Waals surface area contributed by atoms with Crippen LogP contribution in [-0.2, 0) is 0 Å². The van der Waals surface area contributed by atoms with E-state index in [1.54, 1.807) is 12.4 Å². The lowest BCUT2D eigenvalue weighted by atomic mass is 10.1. The Balaban J connectivity index is 1.18. The molecule has 0 aliphatic heterocycles. The van der Waals surface area contributed by atoms with Crippen LogP contribution in [-0.4, -0.2) is 29.5 Å². The third-order valence-electron chi connectivity index (χ3n) is 8.75. The van der Waals surface area contributed by atoms with Crippen molar-refractivity contribution >= 4 is 21.8 Å². The number of nitrogens with zero attached hydrogens (tertiary/aromatic N) is 6. The van der Waals surface area contributed by atoms with Gasteiger partial charge in [-0.15, -0.1) is 0 Å². The molecule has 4 aromatic carbocycles. The molecule has 4 aromatic heterocycles. The summed E-state index contributed by atoms with van der Waals surface area (Å²) in [7, 11) is 0. The van der Waals surface area contributed by atoms with Gasteiger partial charge in [-0.05, 0) is 98.5 Å². The van der Waals surface area contributed by atoms with Gasteiger partial charge in [0.2, 0.25) is 17.7 Å². The highest BCUT2D eigenvalue weighted by Gasteiger charge is 2.18. The molecule has 0 bridgehead atoms. The van der Waals surface area contributed by atoms with Gasteiger partial charge in [-0.25, -0.2) is 24.9 Å². The molecule has 0 aliphatic rings. The highest BCUT2D eigenvalue weighted by Crippen LogP contribution is 2.40. The molecule has 0 saturated heterocycles. The molecule has 8 aromatic rings. The van der Waals surface area contributed by atoms with Crippen LogP contribution in [0.2, 0.25) is 0 Å². The zero-order chi connectivity index (χ0) is 34.9. The zero-order valence-corrected chi connectivity index (χ0v) is 28.4. The van der Waals surface area contributed by atoms with E-state index in [-0.39, 0.29) is 0 Å². The minimum atomic E-state index is 0.467. The van der Waals surface area contributed by atoms with E-state index < -0.39 is 0 Å². The van der Waals surface area contributed by atoms with Crippen LogP contribution in [0.4, 0.5) is 0 Å². The highest BCUT2D eigenvalue weighted by atomic mass is 16.5. The number of ether oxygens (including phenoxy) is 4. The van der Waals surface area contributed by atoms with E-state index in [0.717, 1.165) is 44.1 Å². The Hall–Kier alpha value is -6.81. The van der Waals surface area contributed by atoms with Crippen LogP contribution in [0.15, 0.2) is 122 Å². The van der Waals surface area contributed by atoms with E-state index in [1.165, 1.54) is 12.7 Å². The van der Waals surface area contributed by atoms with Crippen molar-refractivity contribution in [1.82, 2.24) is 29.5 Å². The molecule has 0 aliphatic carbocycles. The van der Waals surface area contributed by atoms with Gasteiger partial charge in [0.1, 0.15) is 47.2 Å². The monoisotopic (exact) mass is 672 g/mol. The van der Waals surface area contributed by atoms with Crippen LogP contribution in [0, 0.1) is 27.7 Å². The fraction of sp³-hybridized carbons (Fsp3) is 0.0976. The third-order valence-corrected chi connectivity index (χ3v) is 8.75. The average molecular weight is 673 g/mol.